The average molecular weight is 317 g/mol. The van der Waals surface area contributed by atoms with Gasteiger partial charge in [0, 0.05) is 6.54 Å². The van der Waals surface area contributed by atoms with E-state index < -0.39 is 15.8 Å². The maximum Gasteiger partial charge on any atom is 0.238 e. The van der Waals surface area contributed by atoms with E-state index in [0.717, 1.165) is 11.8 Å². The largest absolute Gasteiger partial charge is 0.363 e. The van der Waals surface area contributed by atoms with Gasteiger partial charge in [0.05, 0.1) is 11.1 Å². The van der Waals surface area contributed by atoms with Crippen LogP contribution >= 0.6 is 11.6 Å². The van der Waals surface area contributed by atoms with Gasteiger partial charge < -0.3 is 5.32 Å². The number of hydrogen-bond acceptors (Lipinski definition) is 5. The van der Waals surface area contributed by atoms with Crippen LogP contribution in [0.1, 0.15) is 5.56 Å². The summed E-state index contributed by atoms with van der Waals surface area (Å²) in [6.07, 6.45) is 0.960. The minimum atomic E-state index is -3.72. The van der Waals surface area contributed by atoms with E-state index in [9.17, 15) is 12.8 Å². The number of hydrogen-bond donors (Lipinski definition) is 2. The minimum absolute atomic E-state index is 0.0116. The van der Waals surface area contributed by atoms with Gasteiger partial charge in [-0.3, -0.25) is 0 Å². The molecule has 2 aromatic rings. The van der Waals surface area contributed by atoms with Gasteiger partial charge >= 0.3 is 0 Å². The molecule has 0 atom stereocenters. The van der Waals surface area contributed by atoms with Crippen LogP contribution in [0, 0.1) is 5.82 Å². The van der Waals surface area contributed by atoms with Crippen molar-refractivity contribution >= 4 is 27.4 Å². The number of benzene rings is 1. The second-order valence-electron chi connectivity index (χ2n) is 3.88. The normalized spacial score (nSPS) is 11.3. The zero-order valence-corrected chi connectivity index (χ0v) is 11.6. The quantitative estimate of drug-likeness (QED) is 0.834. The lowest BCUT2D eigenvalue weighted by Crippen LogP contribution is -2.12. The molecule has 0 saturated heterocycles. The van der Waals surface area contributed by atoms with Gasteiger partial charge in [0.25, 0.3) is 0 Å². The number of sulfonamides is 1. The lowest BCUT2D eigenvalue weighted by Gasteiger charge is -2.07. The molecule has 0 amide bonds. The van der Waals surface area contributed by atoms with Gasteiger partial charge in [-0.05, 0) is 29.3 Å². The van der Waals surface area contributed by atoms with E-state index >= 15 is 0 Å². The highest BCUT2D eigenvalue weighted by Gasteiger charge is 2.08. The van der Waals surface area contributed by atoms with Crippen molar-refractivity contribution in [1.82, 2.24) is 9.97 Å². The fourth-order valence-electron chi connectivity index (χ4n) is 1.45. The molecule has 0 saturated carbocycles. The predicted molar refractivity (Wildman–Crippen MR) is 72.1 cm³/mol. The molecule has 1 aromatic heterocycles. The minimum Gasteiger partial charge on any atom is -0.363 e. The van der Waals surface area contributed by atoms with Crippen LogP contribution in [0.5, 0.6) is 0 Å². The summed E-state index contributed by atoms with van der Waals surface area (Å²) in [5, 5.41) is 7.65. The van der Waals surface area contributed by atoms with Gasteiger partial charge in [0.1, 0.15) is 0 Å². The highest BCUT2D eigenvalue weighted by Crippen LogP contribution is 2.14. The summed E-state index contributed by atoms with van der Waals surface area (Å²) in [4.78, 5) is 7.20. The van der Waals surface area contributed by atoms with Crippen molar-refractivity contribution in [2.24, 2.45) is 5.14 Å². The lowest BCUT2D eigenvalue weighted by molar-refractivity contribution is 0.598. The highest BCUT2D eigenvalue weighted by molar-refractivity contribution is 7.89. The van der Waals surface area contributed by atoms with E-state index in [1.165, 1.54) is 12.1 Å². The van der Waals surface area contributed by atoms with E-state index in [0.29, 0.717) is 0 Å². The number of anilines is 1. The third-order valence-corrected chi connectivity index (χ3v) is 3.54. The molecular weight excluding hydrogens is 307 g/mol. The number of nitrogens with zero attached hydrogens (tertiary/aromatic N) is 2. The van der Waals surface area contributed by atoms with Crippen LogP contribution < -0.4 is 10.5 Å². The Morgan fingerprint density at radius 3 is 2.55 bits per heavy atom. The number of primary sulfonamides is 1. The average Bonchev–Trinajstić information content (AvgIpc) is 2.39. The Morgan fingerprint density at radius 1 is 1.30 bits per heavy atom. The molecule has 0 radical (unpaired) electrons. The summed E-state index contributed by atoms with van der Waals surface area (Å²) < 4.78 is 35.5. The molecular formula is C11H10ClFN4O2S. The molecule has 106 valence electrons. The number of aromatic nitrogens is 2. The summed E-state index contributed by atoms with van der Waals surface area (Å²) in [5.41, 5.74) is 0.728. The molecule has 0 aliphatic heterocycles. The summed E-state index contributed by atoms with van der Waals surface area (Å²) in [6, 6.07) is 5.87. The third-order valence-electron chi connectivity index (χ3n) is 2.43. The molecule has 0 spiro atoms. The predicted octanol–water partition coefficient (Wildman–Crippen LogP) is 1.53. The fourth-order valence-corrected chi connectivity index (χ4v) is 2.10. The monoisotopic (exact) mass is 316 g/mol. The molecule has 3 N–H and O–H groups in total. The number of nitrogens with one attached hydrogen (secondary N) is 1. The molecule has 20 heavy (non-hydrogen) atoms. The zero-order chi connectivity index (χ0) is 14.8. The standard InChI is InChI=1S/C11H10ClFN4O2S/c12-11-16-6-9(13)10(17-11)15-5-7-1-3-8(4-2-7)20(14,18)19/h1-4,6H,5H2,(H2,14,18,19)(H,15,16,17). The first-order chi connectivity index (χ1) is 9.36. The Hall–Kier alpha value is -1.77. The van der Waals surface area contributed by atoms with Gasteiger partial charge in [-0.25, -0.2) is 22.9 Å². The van der Waals surface area contributed by atoms with Gasteiger partial charge in [-0.2, -0.15) is 4.98 Å². The maximum absolute atomic E-state index is 13.4. The molecule has 0 aliphatic rings. The van der Waals surface area contributed by atoms with Crippen LogP contribution in [0.3, 0.4) is 0 Å². The second kappa shape index (κ2) is 5.70. The molecule has 6 nitrogen and oxygen atoms in total. The summed E-state index contributed by atoms with van der Waals surface area (Å²) in [5.74, 6) is -0.656. The van der Waals surface area contributed by atoms with Crippen LogP contribution in [-0.2, 0) is 16.6 Å². The van der Waals surface area contributed by atoms with E-state index in [1.54, 1.807) is 12.1 Å². The van der Waals surface area contributed by atoms with E-state index in [1.807, 2.05) is 0 Å². The molecule has 1 aromatic carbocycles. The Kier molecular flexibility index (Phi) is 4.17. The zero-order valence-electron chi connectivity index (χ0n) is 10.0. The maximum atomic E-state index is 13.4. The number of rotatable bonds is 4. The summed E-state index contributed by atoms with van der Waals surface area (Å²) >= 11 is 5.56. The first kappa shape index (κ1) is 14.6. The van der Waals surface area contributed by atoms with Crippen molar-refractivity contribution in [2.75, 3.05) is 5.32 Å². The molecule has 9 heteroatoms. The Morgan fingerprint density at radius 2 is 1.95 bits per heavy atom. The molecule has 1 heterocycles. The van der Waals surface area contributed by atoms with Crippen molar-refractivity contribution in [1.29, 1.82) is 0 Å². The van der Waals surface area contributed by atoms with Crippen LogP contribution in [0.4, 0.5) is 10.2 Å². The second-order valence-corrected chi connectivity index (χ2v) is 5.78. The van der Waals surface area contributed by atoms with Crippen molar-refractivity contribution in [3.8, 4) is 0 Å². The van der Waals surface area contributed by atoms with Gasteiger partial charge in [0.15, 0.2) is 11.6 Å². The Labute approximate surface area is 119 Å². The molecule has 0 bridgehead atoms. The molecule has 0 aliphatic carbocycles. The van der Waals surface area contributed by atoms with Crippen molar-refractivity contribution in [2.45, 2.75) is 11.4 Å². The Balaban J connectivity index is 2.10. The summed E-state index contributed by atoms with van der Waals surface area (Å²) in [6.45, 7) is 0.245. The highest BCUT2D eigenvalue weighted by atomic mass is 35.5. The molecule has 0 fully saturated rings. The first-order valence-corrected chi connectivity index (χ1v) is 7.32. The van der Waals surface area contributed by atoms with Crippen LogP contribution in [-0.4, -0.2) is 18.4 Å². The number of nitrogens with two attached hydrogens (primary N) is 1. The summed E-state index contributed by atoms with van der Waals surface area (Å²) in [7, 11) is -3.72. The SMILES string of the molecule is NS(=O)(=O)c1ccc(CNc2nc(Cl)ncc2F)cc1. The molecule has 2 rings (SSSR count). The van der Waals surface area contributed by atoms with Gasteiger partial charge in [0.2, 0.25) is 15.3 Å². The Bertz CT molecular complexity index is 722. The fraction of sp³-hybridized carbons (Fsp3) is 0.0909. The third kappa shape index (κ3) is 3.62. The number of halogens is 2. The van der Waals surface area contributed by atoms with Crippen LogP contribution in [0.2, 0.25) is 5.28 Å². The van der Waals surface area contributed by atoms with E-state index in [2.05, 4.69) is 15.3 Å². The van der Waals surface area contributed by atoms with Crippen molar-refractivity contribution in [3.05, 3.63) is 47.1 Å². The first-order valence-electron chi connectivity index (χ1n) is 5.40. The molecule has 0 unspecified atom stereocenters. The van der Waals surface area contributed by atoms with Crippen molar-refractivity contribution in [3.63, 3.8) is 0 Å². The smallest absolute Gasteiger partial charge is 0.238 e. The van der Waals surface area contributed by atoms with E-state index in [4.69, 9.17) is 16.7 Å². The van der Waals surface area contributed by atoms with Crippen LogP contribution in [0.15, 0.2) is 35.4 Å². The van der Waals surface area contributed by atoms with E-state index in [-0.39, 0.29) is 22.5 Å². The topological polar surface area (TPSA) is 98.0 Å². The van der Waals surface area contributed by atoms with Crippen LogP contribution in [0.25, 0.3) is 0 Å². The van der Waals surface area contributed by atoms with Gasteiger partial charge in [-0.1, -0.05) is 12.1 Å². The lowest BCUT2D eigenvalue weighted by atomic mass is 10.2. The van der Waals surface area contributed by atoms with Crippen molar-refractivity contribution < 1.29 is 12.8 Å². The van der Waals surface area contributed by atoms with Gasteiger partial charge in [-0.15, -0.1) is 0 Å².